The van der Waals surface area contributed by atoms with Crippen molar-refractivity contribution in [2.75, 3.05) is 6.61 Å². The fraction of sp³-hybridized carbons (Fsp3) is 0.0357. The van der Waals surface area contributed by atoms with Gasteiger partial charge < -0.3 is 4.74 Å². The second-order valence-corrected chi connectivity index (χ2v) is 7.39. The van der Waals surface area contributed by atoms with Crippen molar-refractivity contribution in [2.24, 2.45) is 0 Å². The van der Waals surface area contributed by atoms with Crippen molar-refractivity contribution in [1.82, 2.24) is 4.98 Å². The molecule has 6 heteroatoms. The first-order valence-corrected chi connectivity index (χ1v) is 10.3. The van der Waals surface area contributed by atoms with Crippen LogP contribution in [0.4, 0.5) is 17.6 Å². The molecule has 0 N–H and O–H groups in total. The fourth-order valence-electron chi connectivity index (χ4n) is 3.50. The molecular weight excluding hydrogens is 442 g/mol. The quantitative estimate of drug-likeness (QED) is 0.207. The number of aromatic nitrogens is 1. The van der Waals surface area contributed by atoms with Gasteiger partial charge in [-0.15, -0.1) is 0 Å². The van der Waals surface area contributed by atoms with E-state index in [1.54, 1.807) is 18.2 Å². The van der Waals surface area contributed by atoms with Gasteiger partial charge in [0.1, 0.15) is 6.61 Å². The lowest BCUT2D eigenvalue weighted by molar-refractivity contribution is 0.333. The Kier molecular flexibility index (Phi) is 6.59. The van der Waals surface area contributed by atoms with Crippen LogP contribution in [0, 0.1) is 23.3 Å². The van der Waals surface area contributed by atoms with E-state index >= 15 is 0 Å². The van der Waals surface area contributed by atoms with E-state index in [0.717, 1.165) is 5.56 Å². The summed E-state index contributed by atoms with van der Waals surface area (Å²) in [5.74, 6) is -4.44. The summed E-state index contributed by atoms with van der Waals surface area (Å²) in [6, 6.07) is 15.0. The summed E-state index contributed by atoms with van der Waals surface area (Å²) in [4.78, 5) is 4.15. The zero-order chi connectivity index (χ0) is 24.2. The maximum absolute atomic E-state index is 14.9. The van der Waals surface area contributed by atoms with Crippen molar-refractivity contribution in [3.63, 3.8) is 0 Å². The van der Waals surface area contributed by atoms with E-state index in [0.29, 0.717) is 16.8 Å². The molecule has 0 saturated carbocycles. The molecule has 0 atom stereocenters. The normalized spacial score (nSPS) is 10.7. The van der Waals surface area contributed by atoms with Gasteiger partial charge in [-0.1, -0.05) is 61.7 Å². The van der Waals surface area contributed by atoms with Crippen LogP contribution in [0.15, 0.2) is 86.1 Å². The van der Waals surface area contributed by atoms with Gasteiger partial charge in [-0.05, 0) is 41.0 Å². The van der Waals surface area contributed by atoms with E-state index in [4.69, 9.17) is 4.74 Å². The number of halogens is 4. The first-order valence-electron chi connectivity index (χ1n) is 10.3. The summed E-state index contributed by atoms with van der Waals surface area (Å²) < 4.78 is 63.7. The van der Waals surface area contributed by atoms with Gasteiger partial charge in [-0.2, -0.15) is 4.39 Å². The molecule has 4 aromatic rings. The third kappa shape index (κ3) is 4.35. The zero-order valence-corrected chi connectivity index (χ0v) is 18.0. The smallest absolute Gasteiger partial charge is 0.201 e. The molecule has 34 heavy (non-hydrogen) atoms. The lowest BCUT2D eigenvalue weighted by Crippen LogP contribution is -1.99. The SMILES string of the molecule is C=CCOc1ccc(-c2ccc(-c3ccc(-c4ccc(C=C)cn4)c(F)c3F)cc2)c(F)c1F. The second-order valence-electron chi connectivity index (χ2n) is 7.39. The Bertz CT molecular complexity index is 1360. The number of hydrogen-bond donors (Lipinski definition) is 0. The number of ether oxygens (including phenoxy) is 1. The highest BCUT2D eigenvalue weighted by molar-refractivity contribution is 5.74. The van der Waals surface area contributed by atoms with Crippen LogP contribution in [-0.2, 0) is 0 Å². The molecular formula is C28H19F4NO. The summed E-state index contributed by atoms with van der Waals surface area (Å²) in [5, 5.41) is 0. The van der Waals surface area contributed by atoms with Crippen LogP contribution >= 0.6 is 0 Å². The summed E-state index contributed by atoms with van der Waals surface area (Å²) in [5.41, 5.74) is 1.90. The summed E-state index contributed by atoms with van der Waals surface area (Å²) >= 11 is 0. The summed E-state index contributed by atoms with van der Waals surface area (Å²) in [6.07, 6.45) is 4.55. The monoisotopic (exact) mass is 461 g/mol. The molecule has 0 aliphatic rings. The Morgan fingerprint density at radius 1 is 0.676 bits per heavy atom. The first kappa shape index (κ1) is 23.0. The average Bonchev–Trinajstić information content (AvgIpc) is 2.87. The Labute approximate surface area is 194 Å². The van der Waals surface area contributed by atoms with E-state index in [1.165, 1.54) is 60.8 Å². The molecule has 0 radical (unpaired) electrons. The van der Waals surface area contributed by atoms with Crippen molar-refractivity contribution < 1.29 is 22.3 Å². The van der Waals surface area contributed by atoms with Crippen LogP contribution < -0.4 is 4.74 Å². The summed E-state index contributed by atoms with van der Waals surface area (Å²) in [6.45, 7) is 7.15. The van der Waals surface area contributed by atoms with Crippen LogP contribution in [0.3, 0.4) is 0 Å². The van der Waals surface area contributed by atoms with E-state index in [-0.39, 0.29) is 29.0 Å². The number of nitrogens with zero attached hydrogens (tertiary/aromatic N) is 1. The molecule has 0 aliphatic carbocycles. The molecule has 3 aromatic carbocycles. The van der Waals surface area contributed by atoms with Gasteiger partial charge >= 0.3 is 0 Å². The van der Waals surface area contributed by atoms with Crippen molar-refractivity contribution >= 4 is 6.08 Å². The van der Waals surface area contributed by atoms with Crippen LogP contribution in [0.25, 0.3) is 39.6 Å². The molecule has 0 amide bonds. The van der Waals surface area contributed by atoms with Gasteiger partial charge in [0.25, 0.3) is 0 Å². The Hall–Kier alpha value is -4.19. The molecule has 0 unspecified atom stereocenters. The van der Waals surface area contributed by atoms with E-state index in [9.17, 15) is 17.6 Å². The number of pyridine rings is 1. The number of rotatable bonds is 7. The van der Waals surface area contributed by atoms with Crippen LogP contribution in [-0.4, -0.2) is 11.6 Å². The van der Waals surface area contributed by atoms with Gasteiger partial charge in [0.05, 0.1) is 5.69 Å². The average molecular weight is 461 g/mol. The lowest BCUT2D eigenvalue weighted by Gasteiger charge is -2.11. The molecule has 0 saturated heterocycles. The van der Waals surface area contributed by atoms with Crippen molar-refractivity contribution in [3.8, 4) is 39.3 Å². The minimum Gasteiger partial charge on any atom is -0.486 e. The molecule has 0 spiro atoms. The Morgan fingerprint density at radius 3 is 1.79 bits per heavy atom. The predicted octanol–water partition coefficient (Wildman–Crippen LogP) is 7.85. The fourth-order valence-corrected chi connectivity index (χ4v) is 3.50. The molecule has 0 bridgehead atoms. The third-order valence-electron chi connectivity index (χ3n) is 5.29. The topological polar surface area (TPSA) is 22.1 Å². The van der Waals surface area contributed by atoms with Gasteiger partial charge in [0, 0.05) is 22.9 Å². The lowest BCUT2D eigenvalue weighted by atomic mass is 9.97. The number of hydrogen-bond acceptors (Lipinski definition) is 2. The molecule has 170 valence electrons. The van der Waals surface area contributed by atoms with E-state index < -0.39 is 23.3 Å². The highest BCUT2D eigenvalue weighted by atomic mass is 19.2. The maximum atomic E-state index is 14.9. The highest BCUT2D eigenvalue weighted by Gasteiger charge is 2.18. The van der Waals surface area contributed by atoms with E-state index in [2.05, 4.69) is 18.1 Å². The Balaban J connectivity index is 1.64. The van der Waals surface area contributed by atoms with Gasteiger partial charge in [-0.3, -0.25) is 4.98 Å². The maximum Gasteiger partial charge on any atom is 0.201 e. The third-order valence-corrected chi connectivity index (χ3v) is 5.29. The predicted molar refractivity (Wildman–Crippen MR) is 126 cm³/mol. The van der Waals surface area contributed by atoms with Crippen LogP contribution in [0.1, 0.15) is 5.56 Å². The van der Waals surface area contributed by atoms with Crippen molar-refractivity contribution in [2.45, 2.75) is 0 Å². The van der Waals surface area contributed by atoms with Crippen LogP contribution in [0.2, 0.25) is 0 Å². The van der Waals surface area contributed by atoms with E-state index in [1.807, 2.05) is 0 Å². The minimum atomic E-state index is -1.11. The molecule has 2 nitrogen and oxygen atoms in total. The minimum absolute atomic E-state index is 0.0195. The number of benzene rings is 3. The first-order chi connectivity index (χ1) is 16.4. The molecule has 1 heterocycles. The highest BCUT2D eigenvalue weighted by Crippen LogP contribution is 2.34. The van der Waals surface area contributed by atoms with Crippen molar-refractivity contribution in [1.29, 1.82) is 0 Å². The largest absolute Gasteiger partial charge is 0.486 e. The summed E-state index contributed by atoms with van der Waals surface area (Å²) in [7, 11) is 0. The Morgan fingerprint density at radius 2 is 1.24 bits per heavy atom. The molecule has 1 aromatic heterocycles. The molecule has 4 rings (SSSR count). The van der Waals surface area contributed by atoms with Crippen molar-refractivity contribution in [3.05, 3.63) is 115 Å². The second kappa shape index (κ2) is 9.75. The van der Waals surface area contributed by atoms with Crippen LogP contribution in [0.5, 0.6) is 5.75 Å². The molecule has 0 fully saturated rings. The van der Waals surface area contributed by atoms with Gasteiger partial charge in [0.2, 0.25) is 5.82 Å². The molecule has 0 aliphatic heterocycles. The van der Waals surface area contributed by atoms with Gasteiger partial charge in [-0.25, -0.2) is 13.2 Å². The standard InChI is InChI=1S/C28H19F4NO/c1-3-15-34-24-14-12-21(26(30)28(24)32)19-8-6-18(7-9-19)20-10-11-22(27(31)25(20)29)23-13-5-17(4-2)16-33-23/h3-14,16H,1-2,15H2. The zero-order valence-electron chi connectivity index (χ0n) is 18.0. The van der Waals surface area contributed by atoms with Gasteiger partial charge in [0.15, 0.2) is 23.2 Å².